The van der Waals surface area contributed by atoms with Gasteiger partial charge >= 0.3 is 0 Å². The number of carbonyl (C=O) groups excluding carboxylic acids is 1. The maximum Gasteiger partial charge on any atom is 0.240 e. The number of fused-ring (bicyclic) bond motifs is 1. The van der Waals surface area contributed by atoms with Crippen molar-refractivity contribution in [3.05, 3.63) is 89.4 Å². The van der Waals surface area contributed by atoms with Crippen LogP contribution in [0.3, 0.4) is 0 Å². The number of anilines is 1. The Morgan fingerprint density at radius 1 is 1.03 bits per heavy atom. The first kappa shape index (κ1) is 21.4. The lowest BCUT2D eigenvalue weighted by atomic mass is 10.0. The summed E-state index contributed by atoms with van der Waals surface area (Å²) in [5.74, 6) is 1.29. The minimum Gasteiger partial charge on any atom is -0.497 e. The summed E-state index contributed by atoms with van der Waals surface area (Å²) in [6, 6.07) is 24.2. The zero-order chi connectivity index (χ0) is 22.8. The van der Waals surface area contributed by atoms with Gasteiger partial charge in [-0.25, -0.2) is 4.68 Å². The Labute approximate surface area is 200 Å². The van der Waals surface area contributed by atoms with Crippen molar-refractivity contribution in [3.63, 3.8) is 0 Å². The Kier molecular flexibility index (Phi) is 5.93. The number of thioether (sulfide) groups is 1. The van der Waals surface area contributed by atoms with Crippen LogP contribution in [-0.2, 0) is 4.79 Å². The zero-order valence-electron chi connectivity index (χ0n) is 17.6. The van der Waals surface area contributed by atoms with Crippen molar-refractivity contribution in [1.82, 2.24) is 14.9 Å². The molecule has 1 aliphatic heterocycles. The normalized spacial score (nSPS) is 17.0. The Morgan fingerprint density at radius 3 is 2.45 bits per heavy atom. The molecule has 4 aromatic rings. The topological polar surface area (TPSA) is 81.1 Å². The monoisotopic (exact) mass is 477 g/mol. The molecule has 2 atom stereocenters. The molecule has 0 spiro atoms. The largest absolute Gasteiger partial charge is 0.497 e. The molecule has 0 radical (unpaired) electrons. The van der Waals surface area contributed by atoms with Crippen LogP contribution in [0.25, 0.3) is 11.4 Å². The van der Waals surface area contributed by atoms with Gasteiger partial charge in [0, 0.05) is 16.3 Å². The van der Waals surface area contributed by atoms with E-state index in [4.69, 9.17) is 16.3 Å². The summed E-state index contributed by atoms with van der Waals surface area (Å²) in [5.41, 5.74) is 6.02. The highest BCUT2D eigenvalue weighted by molar-refractivity contribution is 8.00. The van der Waals surface area contributed by atoms with Crippen LogP contribution in [0.15, 0.2) is 84.0 Å². The van der Waals surface area contributed by atoms with E-state index in [1.165, 1.54) is 11.8 Å². The molecule has 0 bridgehead atoms. The van der Waals surface area contributed by atoms with Gasteiger partial charge in [-0.3, -0.25) is 4.79 Å². The van der Waals surface area contributed by atoms with E-state index in [2.05, 4.69) is 20.9 Å². The van der Waals surface area contributed by atoms with Gasteiger partial charge in [-0.15, -0.1) is 10.2 Å². The molecule has 7 nitrogen and oxygen atoms in total. The number of aromatic nitrogens is 3. The summed E-state index contributed by atoms with van der Waals surface area (Å²) < 4.78 is 7.15. The Morgan fingerprint density at radius 2 is 1.76 bits per heavy atom. The van der Waals surface area contributed by atoms with Crippen LogP contribution in [0.1, 0.15) is 11.6 Å². The van der Waals surface area contributed by atoms with Crippen LogP contribution < -0.4 is 15.5 Å². The molecule has 2 N–H and O–H groups in total. The fourth-order valence-corrected chi connectivity index (χ4v) is 4.84. The highest BCUT2D eigenvalue weighted by atomic mass is 35.5. The van der Waals surface area contributed by atoms with Crippen molar-refractivity contribution in [3.8, 4) is 17.1 Å². The van der Waals surface area contributed by atoms with Crippen LogP contribution in [0.2, 0.25) is 5.02 Å². The quantitative estimate of drug-likeness (QED) is 0.421. The second-order valence-electron chi connectivity index (χ2n) is 7.42. The molecular formula is C24H20ClN5O2S. The van der Waals surface area contributed by atoms with Gasteiger partial charge in [0.2, 0.25) is 11.1 Å². The lowest BCUT2D eigenvalue weighted by molar-refractivity contribution is -0.116. The number of carbonyl (C=O) groups is 1. The summed E-state index contributed by atoms with van der Waals surface area (Å²) in [6.07, 6.45) is 0. The van der Waals surface area contributed by atoms with Crippen molar-refractivity contribution < 1.29 is 9.53 Å². The lowest BCUT2D eigenvalue weighted by Gasteiger charge is -2.33. The molecule has 0 unspecified atom stereocenters. The van der Waals surface area contributed by atoms with Gasteiger partial charge in [0.25, 0.3) is 0 Å². The number of nitrogens with one attached hydrogen (secondary N) is 2. The molecule has 1 aromatic heterocycles. The van der Waals surface area contributed by atoms with Gasteiger partial charge in [0.1, 0.15) is 11.0 Å². The van der Waals surface area contributed by atoms with Crippen LogP contribution in [0.4, 0.5) is 5.69 Å². The molecule has 0 saturated heterocycles. The van der Waals surface area contributed by atoms with E-state index in [0.717, 1.165) is 16.9 Å². The van der Waals surface area contributed by atoms with E-state index in [1.807, 2.05) is 59.3 Å². The molecular weight excluding hydrogens is 458 g/mol. The predicted octanol–water partition coefficient (Wildman–Crippen LogP) is 5.00. The fraction of sp³-hybridized carbons (Fsp3) is 0.125. The Balaban J connectivity index is 1.50. The highest BCUT2D eigenvalue weighted by Crippen LogP contribution is 2.39. The summed E-state index contributed by atoms with van der Waals surface area (Å²) in [6.45, 7) is 0. The van der Waals surface area contributed by atoms with Gasteiger partial charge in [-0.1, -0.05) is 65.8 Å². The van der Waals surface area contributed by atoms with Crippen molar-refractivity contribution in [1.29, 1.82) is 0 Å². The number of hydrogen-bond donors (Lipinski definition) is 2. The van der Waals surface area contributed by atoms with Crippen LogP contribution in [-0.4, -0.2) is 33.1 Å². The van der Waals surface area contributed by atoms with Gasteiger partial charge in [0.15, 0.2) is 5.82 Å². The first-order chi connectivity index (χ1) is 16.1. The molecule has 1 amide bonds. The van der Waals surface area contributed by atoms with E-state index in [1.54, 1.807) is 31.4 Å². The molecule has 2 heterocycles. The summed E-state index contributed by atoms with van der Waals surface area (Å²) >= 11 is 7.35. The number of methoxy groups -OCH3 is 1. The van der Waals surface area contributed by atoms with Crippen molar-refractivity contribution in [2.45, 2.75) is 16.4 Å². The molecule has 1 aliphatic rings. The molecule has 3 aromatic carbocycles. The maximum absolute atomic E-state index is 13.4. The SMILES string of the molecule is COc1ccc([C@H]2Nn3c(nnc3-c3ccccc3)S[C@@H]2C(=O)Nc2ccc(Cl)cc2)cc1. The fourth-order valence-electron chi connectivity index (χ4n) is 3.64. The lowest BCUT2D eigenvalue weighted by Crippen LogP contribution is -2.41. The number of benzene rings is 3. The second-order valence-corrected chi connectivity index (χ2v) is 8.97. The van der Waals surface area contributed by atoms with Crippen LogP contribution in [0, 0.1) is 0 Å². The first-order valence-corrected chi connectivity index (χ1v) is 11.5. The van der Waals surface area contributed by atoms with Crippen molar-refractivity contribution in [2.75, 3.05) is 17.9 Å². The molecule has 9 heteroatoms. The third-order valence-electron chi connectivity index (χ3n) is 5.31. The van der Waals surface area contributed by atoms with Crippen LogP contribution in [0.5, 0.6) is 5.75 Å². The zero-order valence-corrected chi connectivity index (χ0v) is 19.2. The minimum absolute atomic E-state index is 0.147. The van der Waals surface area contributed by atoms with Crippen molar-refractivity contribution >= 4 is 35.0 Å². The number of amides is 1. The van der Waals surface area contributed by atoms with E-state index < -0.39 is 5.25 Å². The Hall–Kier alpha value is -3.49. The molecule has 0 fully saturated rings. The smallest absolute Gasteiger partial charge is 0.240 e. The van der Waals surface area contributed by atoms with E-state index in [0.29, 0.717) is 21.7 Å². The summed E-state index contributed by atoms with van der Waals surface area (Å²) in [4.78, 5) is 13.4. The third-order valence-corrected chi connectivity index (χ3v) is 6.78. The standard InChI is InChI=1S/C24H20ClN5O2S/c1-32-19-13-7-15(8-14-19)20-21(23(31)26-18-11-9-17(25)10-12-18)33-24-28-27-22(30(24)29-20)16-5-3-2-4-6-16/h2-14,20-21,29H,1H3,(H,26,31)/t20-,21+/m1/s1. The van der Waals surface area contributed by atoms with E-state index >= 15 is 0 Å². The predicted molar refractivity (Wildman–Crippen MR) is 130 cm³/mol. The summed E-state index contributed by atoms with van der Waals surface area (Å²) in [7, 11) is 1.63. The van der Waals surface area contributed by atoms with Crippen molar-refractivity contribution in [2.24, 2.45) is 0 Å². The highest BCUT2D eigenvalue weighted by Gasteiger charge is 2.38. The van der Waals surface area contributed by atoms with Gasteiger partial charge in [0.05, 0.1) is 13.2 Å². The minimum atomic E-state index is -0.491. The molecule has 0 aliphatic carbocycles. The summed E-state index contributed by atoms with van der Waals surface area (Å²) in [5, 5.41) is 12.4. The first-order valence-electron chi connectivity index (χ1n) is 10.3. The van der Waals surface area contributed by atoms with E-state index in [-0.39, 0.29) is 11.9 Å². The number of nitrogens with zero attached hydrogens (tertiary/aromatic N) is 3. The maximum atomic E-state index is 13.4. The van der Waals surface area contributed by atoms with Gasteiger partial charge < -0.3 is 15.5 Å². The van der Waals surface area contributed by atoms with Crippen LogP contribution >= 0.6 is 23.4 Å². The Bertz CT molecular complexity index is 1260. The molecule has 0 saturated carbocycles. The number of halogens is 1. The number of rotatable bonds is 5. The van der Waals surface area contributed by atoms with Gasteiger partial charge in [-0.2, -0.15) is 0 Å². The molecule has 5 rings (SSSR count). The average Bonchev–Trinajstić information content (AvgIpc) is 3.28. The van der Waals surface area contributed by atoms with Gasteiger partial charge in [-0.05, 0) is 42.0 Å². The molecule has 166 valence electrons. The average molecular weight is 478 g/mol. The second kappa shape index (κ2) is 9.17. The number of hydrogen-bond acceptors (Lipinski definition) is 6. The molecule has 33 heavy (non-hydrogen) atoms. The van der Waals surface area contributed by atoms with E-state index in [9.17, 15) is 4.79 Å². The third kappa shape index (κ3) is 4.40. The number of ether oxygens (including phenoxy) is 1.